The van der Waals surface area contributed by atoms with Gasteiger partial charge in [-0.1, -0.05) is 42.0 Å². The van der Waals surface area contributed by atoms with E-state index in [-0.39, 0.29) is 11.9 Å². The van der Waals surface area contributed by atoms with E-state index in [2.05, 4.69) is 29.6 Å². The van der Waals surface area contributed by atoms with Gasteiger partial charge < -0.3 is 10.1 Å². The second-order valence-corrected chi connectivity index (χ2v) is 7.03. The van der Waals surface area contributed by atoms with Crippen molar-refractivity contribution in [1.82, 2.24) is 5.32 Å². The highest BCUT2D eigenvalue weighted by Gasteiger charge is 2.10. The highest BCUT2D eigenvalue weighted by atomic mass is 32.2. The summed E-state index contributed by atoms with van der Waals surface area (Å²) in [6.07, 6.45) is 0.412. The Balaban J connectivity index is 1.85. The Kier molecular flexibility index (Phi) is 7.35. The molecule has 0 radical (unpaired) electrons. The summed E-state index contributed by atoms with van der Waals surface area (Å²) in [5, 5.41) is 3.07. The van der Waals surface area contributed by atoms with E-state index in [0.717, 1.165) is 23.5 Å². The van der Waals surface area contributed by atoms with E-state index in [1.54, 1.807) is 18.9 Å². The van der Waals surface area contributed by atoms with Crippen molar-refractivity contribution in [2.75, 3.05) is 19.5 Å². The van der Waals surface area contributed by atoms with Crippen LogP contribution in [0.15, 0.2) is 53.4 Å². The average Bonchev–Trinajstić information content (AvgIpc) is 2.58. The molecule has 24 heavy (non-hydrogen) atoms. The first-order valence-corrected chi connectivity index (χ1v) is 9.13. The first-order chi connectivity index (χ1) is 11.6. The monoisotopic (exact) mass is 343 g/mol. The van der Waals surface area contributed by atoms with Crippen molar-refractivity contribution < 1.29 is 9.53 Å². The molecule has 1 amide bonds. The minimum Gasteiger partial charge on any atom is -0.384 e. The van der Waals surface area contributed by atoms with Crippen LogP contribution in [0.3, 0.4) is 0 Å². The fourth-order valence-corrected chi connectivity index (χ4v) is 3.18. The number of carbonyl (C=O) groups is 1. The summed E-state index contributed by atoms with van der Waals surface area (Å²) in [6.45, 7) is 4.81. The van der Waals surface area contributed by atoms with Crippen molar-refractivity contribution in [2.45, 2.75) is 31.2 Å². The molecule has 4 heteroatoms. The molecule has 0 spiro atoms. The molecule has 0 fully saturated rings. The maximum absolute atomic E-state index is 12.2. The van der Waals surface area contributed by atoms with Crippen molar-refractivity contribution in [3.8, 4) is 0 Å². The van der Waals surface area contributed by atoms with Gasteiger partial charge in [-0.05, 0) is 37.1 Å². The SMILES string of the molecule is COCCSc1ccc(C(C)NC(=O)Cc2ccc(C)cc2)cc1. The molecule has 128 valence electrons. The predicted molar refractivity (Wildman–Crippen MR) is 100 cm³/mol. The zero-order chi connectivity index (χ0) is 17.4. The summed E-state index contributed by atoms with van der Waals surface area (Å²) in [5.41, 5.74) is 3.36. The third-order valence-electron chi connectivity index (χ3n) is 3.80. The molecule has 2 aromatic carbocycles. The zero-order valence-corrected chi connectivity index (χ0v) is 15.4. The predicted octanol–water partition coefficient (Wildman–Crippen LogP) is 4.15. The molecule has 0 aliphatic heterocycles. The van der Waals surface area contributed by atoms with Crippen LogP contribution >= 0.6 is 11.8 Å². The van der Waals surface area contributed by atoms with Crippen molar-refractivity contribution in [2.24, 2.45) is 0 Å². The average molecular weight is 343 g/mol. The number of carbonyl (C=O) groups excluding carboxylic acids is 1. The van der Waals surface area contributed by atoms with Crippen LogP contribution in [0.25, 0.3) is 0 Å². The van der Waals surface area contributed by atoms with Crippen molar-refractivity contribution in [3.05, 3.63) is 65.2 Å². The van der Waals surface area contributed by atoms with Crippen molar-refractivity contribution in [3.63, 3.8) is 0 Å². The van der Waals surface area contributed by atoms with E-state index in [1.165, 1.54) is 10.5 Å². The molecule has 2 rings (SSSR count). The Morgan fingerprint density at radius 2 is 1.79 bits per heavy atom. The molecule has 0 saturated carbocycles. The topological polar surface area (TPSA) is 38.3 Å². The first-order valence-electron chi connectivity index (χ1n) is 8.15. The Morgan fingerprint density at radius 3 is 2.42 bits per heavy atom. The van der Waals surface area contributed by atoms with Crippen molar-refractivity contribution in [1.29, 1.82) is 0 Å². The Bertz CT molecular complexity index is 638. The van der Waals surface area contributed by atoms with Crippen LogP contribution in [-0.4, -0.2) is 25.4 Å². The molecule has 0 aromatic heterocycles. The second kappa shape index (κ2) is 9.50. The zero-order valence-electron chi connectivity index (χ0n) is 14.5. The Labute approximate surface area is 148 Å². The largest absolute Gasteiger partial charge is 0.384 e. The number of thioether (sulfide) groups is 1. The van der Waals surface area contributed by atoms with E-state index in [9.17, 15) is 4.79 Å². The van der Waals surface area contributed by atoms with Gasteiger partial charge in [-0.25, -0.2) is 0 Å². The van der Waals surface area contributed by atoms with Crippen LogP contribution in [0.5, 0.6) is 0 Å². The lowest BCUT2D eigenvalue weighted by Crippen LogP contribution is -2.28. The number of amides is 1. The van der Waals surface area contributed by atoms with Gasteiger partial charge in [0.1, 0.15) is 0 Å². The molecule has 3 nitrogen and oxygen atoms in total. The lowest BCUT2D eigenvalue weighted by atomic mass is 10.1. The quantitative estimate of drug-likeness (QED) is 0.578. The van der Waals surface area contributed by atoms with Crippen LogP contribution in [0.4, 0.5) is 0 Å². The van der Waals surface area contributed by atoms with E-state index >= 15 is 0 Å². The highest BCUT2D eigenvalue weighted by molar-refractivity contribution is 7.99. The third-order valence-corrected chi connectivity index (χ3v) is 4.78. The number of rotatable bonds is 8. The summed E-state index contributed by atoms with van der Waals surface area (Å²) >= 11 is 1.77. The van der Waals surface area contributed by atoms with Gasteiger partial charge in [0.2, 0.25) is 5.91 Å². The lowest BCUT2D eigenvalue weighted by molar-refractivity contribution is -0.121. The third kappa shape index (κ3) is 6.02. The molecule has 1 atom stereocenters. The van der Waals surface area contributed by atoms with E-state index in [1.807, 2.05) is 38.1 Å². The molecule has 0 aliphatic carbocycles. The fourth-order valence-electron chi connectivity index (χ4n) is 2.36. The standard InChI is InChI=1S/C20H25NO2S/c1-15-4-6-17(7-5-15)14-20(22)21-16(2)18-8-10-19(11-9-18)24-13-12-23-3/h4-11,16H,12-14H2,1-3H3,(H,21,22). The molecule has 0 saturated heterocycles. The lowest BCUT2D eigenvalue weighted by Gasteiger charge is -2.15. The number of nitrogens with one attached hydrogen (secondary N) is 1. The summed E-state index contributed by atoms with van der Waals surface area (Å²) in [5.74, 6) is 0.989. The van der Waals surface area contributed by atoms with Crippen LogP contribution in [-0.2, 0) is 16.0 Å². The maximum Gasteiger partial charge on any atom is 0.224 e. The summed E-state index contributed by atoms with van der Waals surface area (Å²) in [4.78, 5) is 13.4. The van der Waals surface area contributed by atoms with E-state index < -0.39 is 0 Å². The molecule has 1 N–H and O–H groups in total. The van der Waals surface area contributed by atoms with Crippen LogP contribution < -0.4 is 5.32 Å². The van der Waals surface area contributed by atoms with Crippen LogP contribution in [0, 0.1) is 6.92 Å². The Hall–Kier alpha value is -1.78. The number of methoxy groups -OCH3 is 1. The normalized spacial score (nSPS) is 12.0. The van der Waals surface area contributed by atoms with E-state index in [4.69, 9.17) is 4.74 Å². The summed E-state index contributed by atoms with van der Waals surface area (Å²) in [7, 11) is 1.71. The minimum absolute atomic E-state index is 0.000901. The second-order valence-electron chi connectivity index (χ2n) is 5.86. The molecular weight excluding hydrogens is 318 g/mol. The maximum atomic E-state index is 12.2. The summed E-state index contributed by atoms with van der Waals surface area (Å²) in [6, 6.07) is 16.4. The van der Waals surface area contributed by atoms with Gasteiger partial charge in [0.25, 0.3) is 0 Å². The first kappa shape index (κ1) is 18.6. The van der Waals surface area contributed by atoms with Gasteiger partial charge >= 0.3 is 0 Å². The number of ether oxygens (including phenoxy) is 1. The number of benzene rings is 2. The molecule has 1 unspecified atom stereocenters. The van der Waals surface area contributed by atoms with Crippen molar-refractivity contribution >= 4 is 17.7 Å². The van der Waals surface area contributed by atoms with Gasteiger partial charge in [-0.2, -0.15) is 0 Å². The molecule has 0 aliphatic rings. The van der Waals surface area contributed by atoms with Gasteiger partial charge in [0.05, 0.1) is 19.1 Å². The molecule has 0 heterocycles. The molecule has 2 aromatic rings. The van der Waals surface area contributed by atoms with E-state index in [0.29, 0.717) is 6.42 Å². The number of hydrogen-bond donors (Lipinski definition) is 1. The molecular formula is C20H25NO2S. The molecule has 0 bridgehead atoms. The number of aryl methyl sites for hydroxylation is 1. The minimum atomic E-state index is 0.000901. The van der Waals surface area contributed by atoms with Gasteiger partial charge in [-0.15, -0.1) is 11.8 Å². The van der Waals surface area contributed by atoms with Gasteiger partial charge in [0, 0.05) is 17.8 Å². The van der Waals surface area contributed by atoms with Gasteiger partial charge in [0.15, 0.2) is 0 Å². The van der Waals surface area contributed by atoms with Crippen LogP contribution in [0.1, 0.15) is 29.7 Å². The van der Waals surface area contributed by atoms with Crippen LogP contribution in [0.2, 0.25) is 0 Å². The Morgan fingerprint density at radius 1 is 1.12 bits per heavy atom. The fraction of sp³-hybridized carbons (Fsp3) is 0.350. The highest BCUT2D eigenvalue weighted by Crippen LogP contribution is 2.21. The number of hydrogen-bond acceptors (Lipinski definition) is 3. The summed E-state index contributed by atoms with van der Waals surface area (Å²) < 4.78 is 5.06. The van der Waals surface area contributed by atoms with Gasteiger partial charge in [-0.3, -0.25) is 4.79 Å². The smallest absolute Gasteiger partial charge is 0.224 e.